The third kappa shape index (κ3) is 2.90. The minimum Gasteiger partial charge on any atom is -0.454 e. The maximum atomic E-state index is 6.08. The van der Waals surface area contributed by atoms with Crippen molar-refractivity contribution < 1.29 is 14.2 Å². The van der Waals surface area contributed by atoms with Gasteiger partial charge in [0.05, 0.1) is 12.3 Å². The van der Waals surface area contributed by atoms with Gasteiger partial charge in [-0.2, -0.15) is 14.6 Å². The zero-order valence-electron chi connectivity index (χ0n) is 15.3. The number of aryl methyl sites for hydroxylation is 1. The lowest BCUT2D eigenvalue weighted by atomic mass is 10.0. The Morgan fingerprint density at radius 1 is 1.19 bits per heavy atom. The Bertz CT molecular complexity index is 989. The molecule has 1 saturated heterocycles. The number of hydrogen-bond acceptors (Lipinski definition) is 7. The number of aromatic nitrogens is 4. The van der Waals surface area contributed by atoms with Crippen LogP contribution in [0, 0.1) is 6.92 Å². The van der Waals surface area contributed by atoms with Crippen LogP contribution in [-0.2, 0) is 4.74 Å². The summed E-state index contributed by atoms with van der Waals surface area (Å²) in [5.41, 5.74) is 3.10. The fourth-order valence-corrected chi connectivity index (χ4v) is 3.77. The highest BCUT2D eigenvalue weighted by molar-refractivity contribution is 5.45. The van der Waals surface area contributed by atoms with Gasteiger partial charge in [0.25, 0.3) is 5.78 Å². The largest absolute Gasteiger partial charge is 0.454 e. The lowest BCUT2D eigenvalue weighted by Crippen LogP contribution is -2.40. The Balaban J connectivity index is 1.41. The fourth-order valence-electron chi connectivity index (χ4n) is 3.77. The van der Waals surface area contributed by atoms with Gasteiger partial charge in [0.1, 0.15) is 12.4 Å². The van der Waals surface area contributed by atoms with E-state index in [0.29, 0.717) is 19.2 Å². The predicted octanol–water partition coefficient (Wildman–Crippen LogP) is 2.30. The van der Waals surface area contributed by atoms with Crippen LogP contribution < -0.4 is 9.47 Å². The first-order valence-corrected chi connectivity index (χ1v) is 9.11. The van der Waals surface area contributed by atoms with Crippen molar-refractivity contribution in [1.29, 1.82) is 0 Å². The molecule has 1 fully saturated rings. The molecule has 0 spiro atoms. The number of hydrogen-bond donors (Lipinski definition) is 0. The molecule has 27 heavy (non-hydrogen) atoms. The summed E-state index contributed by atoms with van der Waals surface area (Å²) in [6.07, 6.45) is 1.45. The molecule has 140 valence electrons. The van der Waals surface area contributed by atoms with Gasteiger partial charge >= 0.3 is 0 Å². The van der Waals surface area contributed by atoms with Crippen molar-refractivity contribution in [2.75, 3.05) is 26.5 Å². The van der Waals surface area contributed by atoms with Gasteiger partial charge in [0.2, 0.25) is 6.79 Å². The van der Waals surface area contributed by atoms with Gasteiger partial charge in [-0.1, -0.05) is 6.07 Å². The molecule has 0 aliphatic carbocycles. The quantitative estimate of drug-likeness (QED) is 0.703. The normalized spacial score (nSPS) is 20.9. The van der Waals surface area contributed by atoms with Gasteiger partial charge < -0.3 is 14.2 Å². The lowest BCUT2D eigenvalue weighted by molar-refractivity contribution is -0.0460. The van der Waals surface area contributed by atoms with E-state index in [-0.39, 0.29) is 12.1 Å². The molecule has 4 heterocycles. The second kappa shape index (κ2) is 6.47. The summed E-state index contributed by atoms with van der Waals surface area (Å²) in [6.45, 7) is 6.78. The first-order valence-electron chi connectivity index (χ1n) is 9.11. The summed E-state index contributed by atoms with van der Waals surface area (Å²) in [4.78, 5) is 11.1. The van der Waals surface area contributed by atoms with E-state index in [1.165, 1.54) is 11.9 Å². The average molecular weight is 367 g/mol. The van der Waals surface area contributed by atoms with E-state index in [0.717, 1.165) is 36.0 Å². The summed E-state index contributed by atoms with van der Waals surface area (Å²) >= 11 is 0. The molecule has 8 nitrogen and oxygen atoms in total. The molecule has 0 saturated carbocycles. The molecule has 0 amide bonds. The van der Waals surface area contributed by atoms with Gasteiger partial charge in [-0.3, -0.25) is 4.90 Å². The highest BCUT2D eigenvalue weighted by Crippen LogP contribution is 2.36. The fraction of sp³-hybridized carbons (Fsp3) is 0.421. The minimum absolute atomic E-state index is 0.0823. The molecule has 2 aromatic heterocycles. The van der Waals surface area contributed by atoms with E-state index < -0.39 is 0 Å². The molecule has 1 aromatic carbocycles. The molecule has 3 aromatic rings. The Labute approximate surface area is 156 Å². The smallest absolute Gasteiger partial charge is 0.252 e. The molecule has 0 radical (unpaired) electrons. The molecule has 0 bridgehead atoms. The zero-order valence-corrected chi connectivity index (χ0v) is 15.3. The molecule has 2 atom stereocenters. The lowest BCUT2D eigenvalue weighted by Gasteiger charge is -2.37. The van der Waals surface area contributed by atoms with E-state index in [9.17, 15) is 0 Å². The summed E-state index contributed by atoms with van der Waals surface area (Å²) in [7, 11) is 0. The topological polar surface area (TPSA) is 74.0 Å². The number of fused-ring (bicyclic) bond motifs is 2. The average Bonchev–Trinajstić information content (AvgIpc) is 3.35. The maximum absolute atomic E-state index is 6.08. The molecule has 2 unspecified atom stereocenters. The molecule has 8 heteroatoms. The minimum atomic E-state index is -0.0823. The number of morpholine rings is 1. The van der Waals surface area contributed by atoms with Crippen molar-refractivity contribution in [2.24, 2.45) is 0 Å². The van der Waals surface area contributed by atoms with Crippen molar-refractivity contribution in [3.8, 4) is 11.5 Å². The summed E-state index contributed by atoms with van der Waals surface area (Å²) in [6, 6.07) is 8.43. The van der Waals surface area contributed by atoms with Crippen LogP contribution in [0.15, 0.2) is 30.6 Å². The van der Waals surface area contributed by atoms with Crippen LogP contribution in [0.3, 0.4) is 0 Å². The van der Waals surface area contributed by atoms with Crippen LogP contribution >= 0.6 is 0 Å². The Morgan fingerprint density at radius 3 is 3.00 bits per heavy atom. The van der Waals surface area contributed by atoms with Gasteiger partial charge in [-0.25, -0.2) is 4.98 Å². The highest BCUT2D eigenvalue weighted by Gasteiger charge is 2.29. The van der Waals surface area contributed by atoms with Crippen LogP contribution in [0.5, 0.6) is 11.5 Å². The molecule has 2 aliphatic rings. The number of ether oxygens (including phenoxy) is 3. The third-order valence-corrected chi connectivity index (χ3v) is 5.26. The van der Waals surface area contributed by atoms with E-state index in [1.54, 1.807) is 4.52 Å². The Morgan fingerprint density at radius 2 is 2.07 bits per heavy atom. The second-order valence-electron chi connectivity index (χ2n) is 6.94. The van der Waals surface area contributed by atoms with Crippen molar-refractivity contribution in [1.82, 2.24) is 24.5 Å². The van der Waals surface area contributed by atoms with E-state index >= 15 is 0 Å². The first kappa shape index (κ1) is 16.5. The van der Waals surface area contributed by atoms with E-state index in [2.05, 4.69) is 39.0 Å². The maximum Gasteiger partial charge on any atom is 0.252 e. The van der Waals surface area contributed by atoms with Crippen LogP contribution in [0.25, 0.3) is 5.78 Å². The highest BCUT2D eigenvalue weighted by atomic mass is 16.7. The van der Waals surface area contributed by atoms with Gasteiger partial charge in [-0.15, -0.1) is 0 Å². The van der Waals surface area contributed by atoms with Gasteiger partial charge in [0, 0.05) is 24.8 Å². The van der Waals surface area contributed by atoms with Crippen molar-refractivity contribution in [3.63, 3.8) is 0 Å². The Kier molecular flexibility index (Phi) is 3.95. The van der Waals surface area contributed by atoms with Crippen LogP contribution in [-0.4, -0.2) is 51.0 Å². The van der Waals surface area contributed by atoms with Crippen LogP contribution in [0.4, 0.5) is 0 Å². The molecule has 0 N–H and O–H groups in total. The monoisotopic (exact) mass is 367 g/mol. The number of benzene rings is 1. The Hall–Kier alpha value is -2.71. The molecular formula is C19H21N5O3. The van der Waals surface area contributed by atoms with Crippen LogP contribution in [0.2, 0.25) is 0 Å². The summed E-state index contributed by atoms with van der Waals surface area (Å²) in [5.74, 6) is 2.24. The third-order valence-electron chi connectivity index (χ3n) is 5.26. The standard InChI is InChI=1S/C19H21N5O3/c1-12-7-15(24-19(22-12)20-10-21-24)18-9-23(5-6-25-18)13(2)14-3-4-16-17(8-14)27-11-26-16/h3-4,7-8,10,13,18H,5-6,9,11H2,1-2H3. The summed E-state index contributed by atoms with van der Waals surface area (Å²) in [5, 5.41) is 4.32. The molecular weight excluding hydrogens is 346 g/mol. The molecule has 2 aliphatic heterocycles. The summed E-state index contributed by atoms with van der Waals surface area (Å²) < 4.78 is 18.8. The van der Waals surface area contributed by atoms with Crippen molar-refractivity contribution in [2.45, 2.75) is 26.0 Å². The number of rotatable bonds is 3. The number of nitrogens with zero attached hydrogens (tertiary/aromatic N) is 5. The van der Waals surface area contributed by atoms with Crippen molar-refractivity contribution in [3.05, 3.63) is 47.5 Å². The predicted molar refractivity (Wildman–Crippen MR) is 96.8 cm³/mol. The first-order chi connectivity index (χ1) is 13.2. The zero-order chi connectivity index (χ0) is 18.4. The van der Waals surface area contributed by atoms with Crippen molar-refractivity contribution >= 4 is 5.78 Å². The van der Waals surface area contributed by atoms with E-state index in [4.69, 9.17) is 14.2 Å². The van der Waals surface area contributed by atoms with Gasteiger partial charge in [0.15, 0.2) is 11.5 Å². The molecule has 5 rings (SSSR count). The SMILES string of the molecule is Cc1cc(C2CN(C(C)c3ccc4c(c3)OCO4)CCO2)n2ncnc2n1. The van der Waals surface area contributed by atoms with Crippen LogP contribution in [0.1, 0.15) is 36.0 Å². The van der Waals surface area contributed by atoms with Gasteiger partial charge in [-0.05, 0) is 37.6 Å². The second-order valence-corrected chi connectivity index (χ2v) is 6.94. The van der Waals surface area contributed by atoms with E-state index in [1.807, 2.05) is 19.1 Å².